The molecule has 6 nitrogen and oxygen atoms in total. The topological polar surface area (TPSA) is 64.7 Å². The summed E-state index contributed by atoms with van der Waals surface area (Å²) in [6.07, 6.45) is -0.743. The van der Waals surface area contributed by atoms with Crippen LogP contribution in [0.15, 0.2) is 30.3 Å². The van der Waals surface area contributed by atoms with E-state index in [0.717, 1.165) is 28.8 Å². The molecule has 1 aliphatic rings. The van der Waals surface area contributed by atoms with Crippen LogP contribution in [-0.2, 0) is 17.9 Å². The van der Waals surface area contributed by atoms with Crippen LogP contribution in [-0.4, -0.2) is 25.5 Å². The fourth-order valence-electron chi connectivity index (χ4n) is 3.63. The third kappa shape index (κ3) is 4.13. The quantitative estimate of drug-likeness (QED) is 0.620. The number of nitrogens with zero attached hydrogens (tertiary/aromatic N) is 4. The van der Waals surface area contributed by atoms with Crippen molar-refractivity contribution in [1.82, 2.24) is 19.6 Å². The molecule has 1 N–H and O–H groups in total. The summed E-state index contributed by atoms with van der Waals surface area (Å²) in [6, 6.07) is 9.49. The minimum Gasteiger partial charge on any atom is -0.321 e. The van der Waals surface area contributed by atoms with Gasteiger partial charge in [0.25, 0.3) is 6.43 Å². The summed E-state index contributed by atoms with van der Waals surface area (Å²) < 4.78 is 29.7. The average molecular weight is 413 g/mol. The summed E-state index contributed by atoms with van der Waals surface area (Å²) in [5, 5.41) is 11.6. The van der Waals surface area contributed by atoms with Crippen LogP contribution >= 0.6 is 0 Å². The van der Waals surface area contributed by atoms with Gasteiger partial charge in [-0.25, -0.2) is 8.78 Å². The van der Waals surface area contributed by atoms with Crippen molar-refractivity contribution in [2.24, 2.45) is 0 Å². The van der Waals surface area contributed by atoms with E-state index in [9.17, 15) is 13.6 Å². The molecule has 0 atom stereocenters. The molecule has 1 amide bonds. The molecular weight excluding hydrogens is 388 g/mol. The maximum atomic E-state index is 13.4. The highest BCUT2D eigenvalue weighted by Crippen LogP contribution is 2.40. The first kappa shape index (κ1) is 20.3. The van der Waals surface area contributed by atoms with Crippen LogP contribution in [0.25, 0.3) is 0 Å². The van der Waals surface area contributed by atoms with Gasteiger partial charge in [0.2, 0.25) is 5.91 Å². The van der Waals surface area contributed by atoms with Gasteiger partial charge in [-0.3, -0.25) is 14.2 Å². The molecule has 1 saturated carbocycles. The van der Waals surface area contributed by atoms with E-state index in [1.165, 1.54) is 11.6 Å². The monoisotopic (exact) mass is 413 g/mol. The summed E-state index contributed by atoms with van der Waals surface area (Å²) in [5.41, 5.74) is 4.86. The molecule has 1 aliphatic carbocycles. The Kier molecular flexibility index (Phi) is 5.40. The van der Waals surface area contributed by atoms with Crippen molar-refractivity contribution >= 4 is 11.6 Å². The molecule has 3 aromatic rings. The second-order valence-electron chi connectivity index (χ2n) is 7.90. The number of aryl methyl sites for hydroxylation is 2. The van der Waals surface area contributed by atoms with Gasteiger partial charge in [-0.05, 0) is 50.8 Å². The number of alkyl halides is 2. The number of carbonyl (C=O) groups excluding carboxylic acids is 1. The first-order valence-electron chi connectivity index (χ1n) is 10.1. The Hall–Kier alpha value is -3.03. The van der Waals surface area contributed by atoms with Crippen LogP contribution in [0, 0.1) is 20.8 Å². The molecule has 8 heteroatoms. The van der Waals surface area contributed by atoms with E-state index < -0.39 is 12.3 Å². The van der Waals surface area contributed by atoms with E-state index in [4.69, 9.17) is 0 Å². The van der Waals surface area contributed by atoms with E-state index in [1.54, 1.807) is 0 Å². The molecule has 0 bridgehead atoms. The molecule has 1 aromatic carbocycles. The lowest BCUT2D eigenvalue weighted by molar-refractivity contribution is -0.117. The maximum absolute atomic E-state index is 13.4. The Morgan fingerprint density at radius 3 is 2.57 bits per heavy atom. The number of hydrogen-bond donors (Lipinski definition) is 1. The summed E-state index contributed by atoms with van der Waals surface area (Å²) >= 11 is 0. The first-order valence-corrected chi connectivity index (χ1v) is 10.1. The van der Waals surface area contributed by atoms with Gasteiger partial charge in [0, 0.05) is 5.92 Å². The minimum atomic E-state index is -2.67. The van der Waals surface area contributed by atoms with E-state index >= 15 is 0 Å². The Morgan fingerprint density at radius 2 is 1.90 bits per heavy atom. The highest BCUT2D eigenvalue weighted by atomic mass is 19.3. The fourth-order valence-corrected chi connectivity index (χ4v) is 3.63. The van der Waals surface area contributed by atoms with Crippen LogP contribution in [0.2, 0.25) is 0 Å². The molecule has 0 spiro atoms. The number of anilines is 1. The molecule has 30 heavy (non-hydrogen) atoms. The largest absolute Gasteiger partial charge is 0.321 e. The van der Waals surface area contributed by atoms with E-state index in [0.29, 0.717) is 23.6 Å². The summed E-state index contributed by atoms with van der Waals surface area (Å²) in [4.78, 5) is 12.6. The van der Waals surface area contributed by atoms with Crippen molar-refractivity contribution in [1.29, 1.82) is 0 Å². The molecule has 158 valence electrons. The van der Waals surface area contributed by atoms with Crippen molar-refractivity contribution in [3.05, 3.63) is 64.2 Å². The average Bonchev–Trinajstić information content (AvgIpc) is 3.41. The number of halogens is 2. The molecular formula is C22H25F2N5O. The lowest BCUT2D eigenvalue weighted by atomic mass is 10.1. The molecule has 2 aromatic heterocycles. The van der Waals surface area contributed by atoms with Crippen LogP contribution in [0.5, 0.6) is 0 Å². The van der Waals surface area contributed by atoms with Crippen LogP contribution in [0.3, 0.4) is 0 Å². The minimum absolute atomic E-state index is 0.212. The van der Waals surface area contributed by atoms with Gasteiger partial charge >= 0.3 is 0 Å². The van der Waals surface area contributed by atoms with Gasteiger partial charge < -0.3 is 5.32 Å². The van der Waals surface area contributed by atoms with Crippen molar-refractivity contribution in [3.63, 3.8) is 0 Å². The molecule has 0 saturated heterocycles. The molecule has 2 heterocycles. The number of aromatic nitrogens is 4. The van der Waals surface area contributed by atoms with Gasteiger partial charge in [-0.2, -0.15) is 10.2 Å². The highest BCUT2D eigenvalue weighted by molar-refractivity contribution is 5.91. The number of carbonyl (C=O) groups is 1. The number of benzene rings is 1. The zero-order valence-electron chi connectivity index (χ0n) is 17.3. The van der Waals surface area contributed by atoms with Gasteiger partial charge in [0.05, 0.1) is 29.3 Å². The molecule has 0 radical (unpaired) electrons. The van der Waals surface area contributed by atoms with Gasteiger partial charge in [0.15, 0.2) is 0 Å². The SMILES string of the molecule is Cc1ccccc1Cn1nc(C)c(NC(=O)Cn2nc(C3CC3)cc2C(F)F)c1C. The van der Waals surface area contributed by atoms with Crippen molar-refractivity contribution in [3.8, 4) is 0 Å². The molecule has 0 aliphatic heterocycles. The summed E-state index contributed by atoms with van der Waals surface area (Å²) in [5.74, 6) is -0.153. The molecule has 4 rings (SSSR count). The lowest BCUT2D eigenvalue weighted by Gasteiger charge is -2.10. The predicted molar refractivity (Wildman–Crippen MR) is 110 cm³/mol. The number of rotatable bonds is 7. The molecule has 0 unspecified atom stereocenters. The van der Waals surface area contributed by atoms with Crippen molar-refractivity contribution < 1.29 is 13.6 Å². The maximum Gasteiger partial charge on any atom is 0.280 e. The van der Waals surface area contributed by atoms with Gasteiger partial charge in [-0.15, -0.1) is 0 Å². The van der Waals surface area contributed by atoms with Gasteiger partial charge in [0.1, 0.15) is 12.2 Å². The van der Waals surface area contributed by atoms with Crippen molar-refractivity contribution in [2.75, 3.05) is 5.32 Å². The van der Waals surface area contributed by atoms with Crippen LogP contribution in [0.4, 0.5) is 14.5 Å². The standard InChI is InChI=1S/C22H25F2N5O/c1-13-6-4-5-7-17(13)11-28-15(3)21(14(2)26-28)25-20(30)12-29-19(22(23)24)10-18(27-29)16-8-9-16/h4-7,10,16,22H,8-9,11-12H2,1-3H3,(H,25,30). The third-order valence-corrected chi connectivity index (χ3v) is 5.57. The van der Waals surface area contributed by atoms with E-state index in [1.807, 2.05) is 49.7 Å². The zero-order valence-corrected chi connectivity index (χ0v) is 17.3. The zero-order chi connectivity index (χ0) is 21.4. The smallest absolute Gasteiger partial charge is 0.280 e. The van der Waals surface area contributed by atoms with E-state index in [2.05, 4.69) is 15.5 Å². The number of hydrogen-bond acceptors (Lipinski definition) is 3. The normalized spacial score (nSPS) is 13.8. The summed E-state index contributed by atoms with van der Waals surface area (Å²) in [6.45, 7) is 6.09. The van der Waals surface area contributed by atoms with E-state index in [-0.39, 0.29) is 18.2 Å². The number of amides is 1. The predicted octanol–water partition coefficient (Wildman–Crippen LogP) is 4.51. The third-order valence-electron chi connectivity index (χ3n) is 5.57. The van der Waals surface area contributed by atoms with Crippen molar-refractivity contribution in [2.45, 2.75) is 59.0 Å². The number of nitrogens with one attached hydrogen (secondary N) is 1. The van der Waals surface area contributed by atoms with Gasteiger partial charge in [-0.1, -0.05) is 24.3 Å². The fraction of sp³-hybridized carbons (Fsp3) is 0.409. The first-order chi connectivity index (χ1) is 14.3. The lowest BCUT2D eigenvalue weighted by Crippen LogP contribution is -2.21. The second kappa shape index (κ2) is 8.01. The Morgan fingerprint density at radius 1 is 1.17 bits per heavy atom. The Bertz CT molecular complexity index is 1080. The Labute approximate surface area is 173 Å². The summed E-state index contributed by atoms with van der Waals surface area (Å²) in [7, 11) is 0. The van der Waals surface area contributed by atoms with Crippen LogP contribution < -0.4 is 5.32 Å². The van der Waals surface area contributed by atoms with Crippen LogP contribution in [0.1, 0.15) is 59.1 Å². The Balaban J connectivity index is 1.50. The molecule has 1 fully saturated rings. The highest BCUT2D eigenvalue weighted by Gasteiger charge is 2.29. The second-order valence-corrected chi connectivity index (χ2v) is 7.90.